The van der Waals surface area contributed by atoms with Crippen LogP contribution in [0.4, 0.5) is 0 Å². The Morgan fingerprint density at radius 1 is 1.39 bits per heavy atom. The SMILES string of the molecule is CSCC[C@@H](N)C(=O)N(C)CC(=O)NC(C)(C)C. The number of carbonyl (C=O) groups excluding carboxylic acids is 2. The fraction of sp³-hybridized carbons (Fsp3) is 0.833. The van der Waals surface area contributed by atoms with Crippen molar-refractivity contribution in [2.24, 2.45) is 5.73 Å². The zero-order valence-electron chi connectivity index (χ0n) is 11.9. The lowest BCUT2D eigenvalue weighted by molar-refractivity contribution is -0.136. The minimum Gasteiger partial charge on any atom is -0.350 e. The molecule has 0 unspecified atom stereocenters. The number of amides is 2. The van der Waals surface area contributed by atoms with Gasteiger partial charge in [-0.15, -0.1) is 0 Å². The average molecular weight is 275 g/mol. The summed E-state index contributed by atoms with van der Waals surface area (Å²) in [4.78, 5) is 24.9. The molecule has 0 saturated heterocycles. The van der Waals surface area contributed by atoms with Crippen molar-refractivity contribution in [1.29, 1.82) is 0 Å². The summed E-state index contributed by atoms with van der Waals surface area (Å²) in [5.41, 5.74) is 5.48. The topological polar surface area (TPSA) is 75.4 Å². The molecule has 1 atom stereocenters. The molecule has 6 heteroatoms. The second kappa shape index (κ2) is 7.63. The van der Waals surface area contributed by atoms with Crippen LogP contribution in [0.3, 0.4) is 0 Å². The van der Waals surface area contributed by atoms with Gasteiger partial charge in [0.1, 0.15) is 0 Å². The van der Waals surface area contributed by atoms with Gasteiger partial charge in [0.05, 0.1) is 12.6 Å². The van der Waals surface area contributed by atoms with Gasteiger partial charge in [-0.3, -0.25) is 9.59 Å². The summed E-state index contributed by atoms with van der Waals surface area (Å²) < 4.78 is 0. The molecule has 2 amide bonds. The molecule has 0 rings (SSSR count). The van der Waals surface area contributed by atoms with Crippen molar-refractivity contribution in [2.45, 2.75) is 38.8 Å². The third-order valence-corrected chi connectivity index (χ3v) is 2.87. The van der Waals surface area contributed by atoms with E-state index in [4.69, 9.17) is 5.73 Å². The Hall–Kier alpha value is -0.750. The van der Waals surface area contributed by atoms with E-state index in [1.165, 1.54) is 4.90 Å². The fourth-order valence-corrected chi connectivity index (χ4v) is 1.89. The van der Waals surface area contributed by atoms with Crippen molar-refractivity contribution in [3.05, 3.63) is 0 Å². The summed E-state index contributed by atoms with van der Waals surface area (Å²) in [6.45, 7) is 5.74. The van der Waals surface area contributed by atoms with E-state index in [0.29, 0.717) is 6.42 Å². The number of nitrogens with two attached hydrogens (primary N) is 1. The molecule has 0 heterocycles. The van der Waals surface area contributed by atoms with Gasteiger partial charge < -0.3 is 16.0 Å². The summed E-state index contributed by atoms with van der Waals surface area (Å²) in [6, 6.07) is -0.523. The molecule has 0 aliphatic heterocycles. The highest BCUT2D eigenvalue weighted by molar-refractivity contribution is 7.98. The first-order valence-corrected chi connectivity index (χ1v) is 7.37. The molecule has 0 bridgehead atoms. The normalized spacial score (nSPS) is 13.0. The van der Waals surface area contributed by atoms with Gasteiger partial charge in [0.15, 0.2) is 0 Å². The van der Waals surface area contributed by atoms with E-state index in [9.17, 15) is 9.59 Å². The summed E-state index contributed by atoms with van der Waals surface area (Å²) in [5, 5.41) is 2.81. The van der Waals surface area contributed by atoms with Gasteiger partial charge in [0.2, 0.25) is 11.8 Å². The van der Waals surface area contributed by atoms with Crippen molar-refractivity contribution >= 4 is 23.6 Å². The minimum atomic E-state index is -0.523. The molecular weight excluding hydrogens is 250 g/mol. The number of rotatable bonds is 6. The second-order valence-electron chi connectivity index (χ2n) is 5.38. The Balaban J connectivity index is 4.19. The maximum atomic E-state index is 11.9. The van der Waals surface area contributed by atoms with Gasteiger partial charge in [-0.2, -0.15) is 11.8 Å². The molecule has 18 heavy (non-hydrogen) atoms. The molecule has 0 saturated carbocycles. The number of nitrogens with zero attached hydrogens (tertiary/aromatic N) is 1. The highest BCUT2D eigenvalue weighted by Crippen LogP contribution is 2.02. The van der Waals surface area contributed by atoms with Gasteiger partial charge in [-0.25, -0.2) is 0 Å². The van der Waals surface area contributed by atoms with Crippen LogP contribution in [-0.4, -0.2) is 53.9 Å². The summed E-state index contributed by atoms with van der Waals surface area (Å²) in [5.74, 6) is 0.484. The lowest BCUT2D eigenvalue weighted by Crippen LogP contribution is -2.49. The number of nitrogens with one attached hydrogen (secondary N) is 1. The first kappa shape index (κ1) is 17.2. The van der Waals surface area contributed by atoms with Crippen molar-refractivity contribution in [3.63, 3.8) is 0 Å². The van der Waals surface area contributed by atoms with Gasteiger partial charge in [0.25, 0.3) is 0 Å². The van der Waals surface area contributed by atoms with Gasteiger partial charge in [-0.1, -0.05) is 0 Å². The van der Waals surface area contributed by atoms with Crippen LogP contribution in [0.2, 0.25) is 0 Å². The molecule has 0 aliphatic rings. The van der Waals surface area contributed by atoms with E-state index in [-0.39, 0.29) is 23.9 Å². The maximum absolute atomic E-state index is 11.9. The summed E-state index contributed by atoms with van der Waals surface area (Å²) in [6.07, 6.45) is 2.60. The largest absolute Gasteiger partial charge is 0.350 e. The first-order valence-electron chi connectivity index (χ1n) is 5.98. The standard InChI is InChI=1S/C12H25N3O2S/c1-12(2,3)14-10(16)8-15(4)11(17)9(13)6-7-18-5/h9H,6-8,13H2,1-5H3,(H,14,16)/t9-/m1/s1. The van der Waals surface area contributed by atoms with E-state index in [0.717, 1.165) is 5.75 Å². The predicted molar refractivity (Wildman–Crippen MR) is 76.5 cm³/mol. The molecule has 0 aromatic heterocycles. The number of likely N-dealkylation sites (N-methyl/N-ethyl adjacent to an activating group) is 1. The molecular formula is C12H25N3O2S. The Labute approximate surface area is 114 Å². The molecule has 0 aromatic rings. The Bertz CT molecular complexity index is 290. The van der Waals surface area contributed by atoms with Crippen LogP contribution in [0, 0.1) is 0 Å². The fourth-order valence-electron chi connectivity index (χ4n) is 1.40. The van der Waals surface area contributed by atoms with E-state index in [2.05, 4.69) is 5.32 Å². The van der Waals surface area contributed by atoms with Crippen LogP contribution in [0.5, 0.6) is 0 Å². The molecule has 0 aromatic carbocycles. The number of hydrogen-bond donors (Lipinski definition) is 2. The van der Waals surface area contributed by atoms with Crippen LogP contribution >= 0.6 is 11.8 Å². The van der Waals surface area contributed by atoms with Gasteiger partial charge >= 0.3 is 0 Å². The third kappa shape index (κ3) is 7.55. The molecule has 0 fully saturated rings. The maximum Gasteiger partial charge on any atom is 0.240 e. The molecule has 0 aliphatic carbocycles. The molecule has 0 spiro atoms. The van der Waals surface area contributed by atoms with E-state index in [1.807, 2.05) is 27.0 Å². The van der Waals surface area contributed by atoms with Gasteiger partial charge in [-0.05, 0) is 39.2 Å². The molecule has 106 valence electrons. The Morgan fingerprint density at radius 2 is 1.94 bits per heavy atom. The zero-order valence-corrected chi connectivity index (χ0v) is 12.8. The minimum absolute atomic E-state index is 0.0447. The van der Waals surface area contributed by atoms with E-state index < -0.39 is 6.04 Å². The van der Waals surface area contributed by atoms with Crippen LogP contribution in [0.1, 0.15) is 27.2 Å². The van der Waals surface area contributed by atoms with Crippen molar-refractivity contribution in [1.82, 2.24) is 10.2 Å². The molecule has 3 N–H and O–H groups in total. The Kier molecular flexibility index (Phi) is 7.32. The quantitative estimate of drug-likeness (QED) is 0.737. The van der Waals surface area contributed by atoms with Crippen molar-refractivity contribution in [3.8, 4) is 0 Å². The van der Waals surface area contributed by atoms with Crippen LogP contribution in [0.15, 0.2) is 0 Å². The highest BCUT2D eigenvalue weighted by atomic mass is 32.2. The number of thioether (sulfide) groups is 1. The van der Waals surface area contributed by atoms with Crippen LogP contribution in [-0.2, 0) is 9.59 Å². The molecule has 5 nitrogen and oxygen atoms in total. The van der Waals surface area contributed by atoms with Crippen LogP contribution in [0.25, 0.3) is 0 Å². The lowest BCUT2D eigenvalue weighted by Gasteiger charge is -2.24. The predicted octanol–water partition coefficient (Wildman–Crippen LogP) is 0.440. The third-order valence-electron chi connectivity index (χ3n) is 2.22. The highest BCUT2D eigenvalue weighted by Gasteiger charge is 2.21. The second-order valence-corrected chi connectivity index (χ2v) is 6.37. The van der Waals surface area contributed by atoms with Crippen LogP contribution < -0.4 is 11.1 Å². The summed E-state index contributed by atoms with van der Waals surface area (Å²) in [7, 11) is 1.60. The van der Waals surface area contributed by atoms with Crippen molar-refractivity contribution in [2.75, 3.05) is 25.6 Å². The Morgan fingerprint density at radius 3 is 2.39 bits per heavy atom. The van der Waals surface area contributed by atoms with E-state index >= 15 is 0 Å². The lowest BCUT2D eigenvalue weighted by atomic mass is 10.1. The first-order chi connectivity index (χ1) is 8.17. The monoisotopic (exact) mass is 275 g/mol. The zero-order chi connectivity index (χ0) is 14.3. The number of carbonyl (C=O) groups is 2. The average Bonchev–Trinajstić information content (AvgIpc) is 2.21. The number of hydrogen-bond acceptors (Lipinski definition) is 4. The summed E-state index contributed by atoms with van der Waals surface area (Å²) >= 11 is 1.65. The molecule has 0 radical (unpaired) electrons. The smallest absolute Gasteiger partial charge is 0.240 e. The van der Waals surface area contributed by atoms with Crippen molar-refractivity contribution < 1.29 is 9.59 Å². The van der Waals surface area contributed by atoms with E-state index in [1.54, 1.807) is 18.8 Å². The van der Waals surface area contributed by atoms with Gasteiger partial charge in [0, 0.05) is 12.6 Å².